The van der Waals surface area contributed by atoms with Crippen LogP contribution in [-0.4, -0.2) is 36.4 Å². The standard InChI is InChI=1S/C25H20O6/c1-30-24-16-8-3-2-7-15(16)12-13-20(24)25(29)31-14-6-11-19-21(26)17-9-4-5-10-18(17)22(27)23(19)28/h2-5,7-10,12-13,26H,6,11,14H2,1H3. The number of aliphatic hydroxyl groups is 1. The van der Waals surface area contributed by atoms with Crippen molar-refractivity contribution in [1.29, 1.82) is 0 Å². The van der Waals surface area contributed by atoms with Crippen LogP contribution in [0.5, 0.6) is 5.75 Å². The summed E-state index contributed by atoms with van der Waals surface area (Å²) < 4.78 is 10.8. The van der Waals surface area contributed by atoms with E-state index in [4.69, 9.17) is 9.47 Å². The largest absolute Gasteiger partial charge is 0.507 e. The smallest absolute Gasteiger partial charge is 0.341 e. The Labute approximate surface area is 178 Å². The molecule has 0 heterocycles. The molecule has 0 aromatic heterocycles. The molecule has 0 aliphatic heterocycles. The number of methoxy groups -OCH3 is 1. The van der Waals surface area contributed by atoms with Crippen LogP contribution in [0.2, 0.25) is 0 Å². The molecule has 0 fully saturated rings. The highest BCUT2D eigenvalue weighted by Crippen LogP contribution is 2.31. The van der Waals surface area contributed by atoms with Crippen LogP contribution in [0, 0.1) is 0 Å². The Morgan fingerprint density at radius 1 is 0.903 bits per heavy atom. The first kappa shape index (κ1) is 20.3. The molecule has 31 heavy (non-hydrogen) atoms. The fourth-order valence-electron chi connectivity index (χ4n) is 3.76. The average Bonchev–Trinajstić information content (AvgIpc) is 2.81. The molecule has 4 rings (SSSR count). The van der Waals surface area contributed by atoms with Gasteiger partial charge in [-0.3, -0.25) is 9.59 Å². The second kappa shape index (κ2) is 8.44. The third-order valence-electron chi connectivity index (χ3n) is 5.30. The van der Waals surface area contributed by atoms with Crippen LogP contribution in [0.3, 0.4) is 0 Å². The van der Waals surface area contributed by atoms with Gasteiger partial charge in [0.15, 0.2) is 0 Å². The average molecular weight is 416 g/mol. The summed E-state index contributed by atoms with van der Waals surface area (Å²) in [5, 5.41) is 12.2. The van der Waals surface area contributed by atoms with Gasteiger partial charge in [-0.1, -0.05) is 54.6 Å². The zero-order valence-electron chi connectivity index (χ0n) is 16.9. The van der Waals surface area contributed by atoms with Crippen molar-refractivity contribution in [2.75, 3.05) is 13.7 Å². The van der Waals surface area contributed by atoms with Crippen LogP contribution in [-0.2, 0) is 9.53 Å². The summed E-state index contributed by atoms with van der Waals surface area (Å²) in [6, 6.07) is 17.5. The topological polar surface area (TPSA) is 89.9 Å². The zero-order valence-corrected chi connectivity index (χ0v) is 16.9. The van der Waals surface area contributed by atoms with E-state index in [-0.39, 0.29) is 36.3 Å². The van der Waals surface area contributed by atoms with Gasteiger partial charge in [-0.25, -0.2) is 4.79 Å². The number of carbonyl (C=O) groups is 3. The van der Waals surface area contributed by atoms with Crippen molar-refractivity contribution in [2.24, 2.45) is 0 Å². The molecule has 1 aliphatic carbocycles. The molecule has 1 aliphatic rings. The molecule has 0 atom stereocenters. The predicted octanol–water partition coefficient (Wildman–Crippen LogP) is 4.52. The molecule has 0 amide bonds. The number of Topliss-reactive ketones (excluding diaryl/α,β-unsaturated/α-hetero) is 2. The first-order valence-electron chi connectivity index (χ1n) is 9.86. The maximum atomic E-state index is 12.6. The summed E-state index contributed by atoms with van der Waals surface area (Å²) in [5.41, 5.74) is 0.896. The number of aliphatic hydroxyl groups excluding tert-OH is 1. The molecule has 0 radical (unpaired) electrons. The van der Waals surface area contributed by atoms with E-state index in [1.54, 1.807) is 24.3 Å². The highest BCUT2D eigenvalue weighted by Gasteiger charge is 2.32. The Balaban J connectivity index is 1.45. The van der Waals surface area contributed by atoms with Crippen molar-refractivity contribution in [3.8, 4) is 5.75 Å². The van der Waals surface area contributed by atoms with Crippen molar-refractivity contribution < 1.29 is 29.0 Å². The number of ketones is 2. The monoisotopic (exact) mass is 416 g/mol. The van der Waals surface area contributed by atoms with Crippen LogP contribution < -0.4 is 4.74 Å². The van der Waals surface area contributed by atoms with Crippen LogP contribution in [0.25, 0.3) is 16.5 Å². The molecule has 0 spiro atoms. The summed E-state index contributed by atoms with van der Waals surface area (Å²) >= 11 is 0. The van der Waals surface area contributed by atoms with Crippen molar-refractivity contribution in [1.82, 2.24) is 0 Å². The fraction of sp³-hybridized carbons (Fsp3) is 0.160. The van der Waals surface area contributed by atoms with Gasteiger partial charge in [-0.2, -0.15) is 0 Å². The number of rotatable bonds is 6. The Hall–Kier alpha value is -3.93. The van der Waals surface area contributed by atoms with Gasteiger partial charge in [-0.15, -0.1) is 0 Å². The number of hydrogen-bond donors (Lipinski definition) is 1. The van der Waals surface area contributed by atoms with Gasteiger partial charge in [0.1, 0.15) is 17.1 Å². The van der Waals surface area contributed by atoms with Crippen LogP contribution in [0.1, 0.15) is 39.1 Å². The SMILES string of the molecule is COc1c(C(=O)OCCCC2=C(O)c3ccccc3C(=O)C2=O)ccc2ccccc12. The molecule has 0 bridgehead atoms. The Kier molecular flexibility index (Phi) is 5.54. The minimum atomic E-state index is -0.723. The van der Waals surface area contributed by atoms with Crippen LogP contribution in [0.15, 0.2) is 66.2 Å². The number of carbonyl (C=O) groups excluding carboxylic acids is 3. The lowest BCUT2D eigenvalue weighted by atomic mass is 9.86. The number of ether oxygens (including phenoxy) is 2. The first-order chi connectivity index (χ1) is 15.0. The maximum absolute atomic E-state index is 12.6. The van der Waals surface area contributed by atoms with E-state index in [0.29, 0.717) is 16.9 Å². The van der Waals surface area contributed by atoms with Crippen molar-refractivity contribution in [3.05, 3.63) is 82.9 Å². The summed E-state index contributed by atoms with van der Waals surface area (Å²) in [6.07, 6.45) is 0.398. The molecule has 0 saturated carbocycles. The number of hydrogen-bond acceptors (Lipinski definition) is 6. The van der Waals surface area contributed by atoms with Gasteiger partial charge in [-0.05, 0) is 24.3 Å². The van der Waals surface area contributed by atoms with Gasteiger partial charge in [0.2, 0.25) is 11.6 Å². The van der Waals surface area contributed by atoms with Gasteiger partial charge < -0.3 is 14.6 Å². The van der Waals surface area contributed by atoms with Gasteiger partial charge in [0.05, 0.1) is 13.7 Å². The third kappa shape index (κ3) is 3.68. The lowest BCUT2D eigenvalue weighted by Crippen LogP contribution is -2.24. The number of benzene rings is 3. The van der Waals surface area contributed by atoms with Gasteiger partial charge in [0.25, 0.3) is 0 Å². The van der Waals surface area contributed by atoms with E-state index in [0.717, 1.165) is 10.8 Å². The fourth-order valence-corrected chi connectivity index (χ4v) is 3.76. The lowest BCUT2D eigenvalue weighted by molar-refractivity contribution is -0.112. The lowest BCUT2D eigenvalue weighted by Gasteiger charge is -2.17. The number of fused-ring (bicyclic) bond motifs is 2. The molecule has 1 N–H and O–H groups in total. The number of allylic oxidation sites excluding steroid dienone is 1. The van der Waals surface area contributed by atoms with E-state index < -0.39 is 17.5 Å². The Morgan fingerprint density at radius 2 is 1.61 bits per heavy atom. The summed E-state index contributed by atoms with van der Waals surface area (Å²) in [5.74, 6) is -1.66. The van der Waals surface area contributed by atoms with Gasteiger partial charge in [0, 0.05) is 22.1 Å². The Bertz CT molecular complexity index is 1240. The summed E-state index contributed by atoms with van der Waals surface area (Å²) in [4.78, 5) is 37.2. The Morgan fingerprint density at radius 3 is 2.39 bits per heavy atom. The minimum Gasteiger partial charge on any atom is -0.507 e. The molecule has 6 nitrogen and oxygen atoms in total. The van der Waals surface area contributed by atoms with Crippen molar-refractivity contribution in [3.63, 3.8) is 0 Å². The summed E-state index contributed by atoms with van der Waals surface area (Å²) in [7, 11) is 1.50. The molecule has 0 saturated heterocycles. The van der Waals surface area contributed by atoms with E-state index in [1.165, 1.54) is 13.2 Å². The van der Waals surface area contributed by atoms with Crippen LogP contribution >= 0.6 is 0 Å². The minimum absolute atomic E-state index is 0.0225. The third-order valence-corrected chi connectivity index (χ3v) is 5.30. The highest BCUT2D eigenvalue weighted by molar-refractivity contribution is 6.52. The van der Waals surface area contributed by atoms with E-state index in [2.05, 4.69) is 0 Å². The highest BCUT2D eigenvalue weighted by atomic mass is 16.5. The second-order valence-electron chi connectivity index (χ2n) is 7.14. The second-order valence-corrected chi connectivity index (χ2v) is 7.14. The van der Waals surface area contributed by atoms with Gasteiger partial charge >= 0.3 is 5.97 Å². The molecule has 156 valence electrons. The molecular weight excluding hydrogens is 396 g/mol. The van der Waals surface area contributed by atoms with Crippen LogP contribution in [0.4, 0.5) is 0 Å². The first-order valence-corrected chi connectivity index (χ1v) is 9.86. The molecule has 6 heteroatoms. The quantitative estimate of drug-likeness (QED) is 0.361. The molecule has 3 aromatic carbocycles. The van der Waals surface area contributed by atoms with E-state index >= 15 is 0 Å². The summed E-state index contributed by atoms with van der Waals surface area (Å²) in [6.45, 7) is 0.0225. The van der Waals surface area contributed by atoms with E-state index in [1.807, 2.05) is 30.3 Å². The zero-order chi connectivity index (χ0) is 22.0. The molecule has 3 aromatic rings. The maximum Gasteiger partial charge on any atom is 0.341 e. The normalized spacial score (nSPS) is 13.3. The predicted molar refractivity (Wildman–Crippen MR) is 115 cm³/mol. The molecule has 0 unspecified atom stereocenters. The van der Waals surface area contributed by atoms with Crippen molar-refractivity contribution in [2.45, 2.75) is 12.8 Å². The molecular formula is C25H20O6. The van der Waals surface area contributed by atoms with E-state index in [9.17, 15) is 19.5 Å². The number of esters is 1. The van der Waals surface area contributed by atoms with Crippen molar-refractivity contribution >= 4 is 34.1 Å².